The van der Waals surface area contributed by atoms with Gasteiger partial charge in [0.1, 0.15) is 0 Å². The fourth-order valence-electron chi connectivity index (χ4n) is 4.38. The smallest absolute Gasteiger partial charge is 0.229 e. The van der Waals surface area contributed by atoms with Crippen LogP contribution in [0.5, 0.6) is 0 Å². The van der Waals surface area contributed by atoms with E-state index in [1.54, 1.807) is 4.90 Å². The van der Waals surface area contributed by atoms with Crippen molar-refractivity contribution in [3.8, 4) is 0 Å². The summed E-state index contributed by atoms with van der Waals surface area (Å²) in [6, 6.07) is 7.65. The number of nitrogens with zero attached hydrogens (tertiary/aromatic N) is 2. The van der Waals surface area contributed by atoms with E-state index in [2.05, 4.69) is 4.90 Å². The molecule has 134 valence electrons. The molecule has 3 aliphatic heterocycles. The largest absolute Gasteiger partial charge is 0.550 e. The van der Waals surface area contributed by atoms with E-state index in [4.69, 9.17) is 16.3 Å². The van der Waals surface area contributed by atoms with Crippen molar-refractivity contribution < 1.29 is 19.4 Å². The highest BCUT2D eigenvalue weighted by Gasteiger charge is 2.53. The molecule has 25 heavy (non-hydrogen) atoms. The van der Waals surface area contributed by atoms with Crippen LogP contribution < -0.4 is 10.0 Å². The number of ether oxygens (including phenoxy) is 1. The Balaban J connectivity index is 1.43. The van der Waals surface area contributed by atoms with Crippen molar-refractivity contribution in [3.05, 3.63) is 29.3 Å². The molecular weight excluding hydrogens is 344 g/mol. The van der Waals surface area contributed by atoms with Crippen LogP contribution in [0.1, 0.15) is 12.8 Å². The lowest BCUT2D eigenvalue weighted by Crippen LogP contribution is -2.54. The zero-order valence-corrected chi connectivity index (χ0v) is 14.5. The highest BCUT2D eigenvalue weighted by atomic mass is 35.5. The monoisotopic (exact) mass is 363 g/mol. The maximum atomic E-state index is 12.9. The number of amides is 1. The number of carboxylic acids is 1. The Kier molecular flexibility index (Phi) is 4.33. The van der Waals surface area contributed by atoms with Crippen molar-refractivity contribution in [2.45, 2.75) is 25.0 Å². The van der Waals surface area contributed by atoms with E-state index in [9.17, 15) is 14.7 Å². The Labute approximate surface area is 151 Å². The van der Waals surface area contributed by atoms with E-state index in [1.807, 2.05) is 24.3 Å². The minimum atomic E-state index is -1.17. The van der Waals surface area contributed by atoms with Crippen molar-refractivity contribution in [3.63, 3.8) is 0 Å². The molecule has 1 aromatic rings. The van der Waals surface area contributed by atoms with Crippen LogP contribution in [0.25, 0.3) is 0 Å². The van der Waals surface area contributed by atoms with Crippen LogP contribution in [0.3, 0.4) is 0 Å². The molecule has 0 spiro atoms. The molecule has 0 unspecified atom stereocenters. The first kappa shape index (κ1) is 16.7. The molecule has 7 heteroatoms. The lowest BCUT2D eigenvalue weighted by Gasteiger charge is -2.39. The number of hydrogen-bond donors (Lipinski definition) is 0. The van der Waals surface area contributed by atoms with Crippen LogP contribution in [0, 0.1) is 11.8 Å². The van der Waals surface area contributed by atoms with E-state index in [0.717, 1.165) is 12.1 Å². The summed E-state index contributed by atoms with van der Waals surface area (Å²) in [5.74, 6) is -2.69. The van der Waals surface area contributed by atoms with Crippen LogP contribution >= 0.6 is 11.6 Å². The van der Waals surface area contributed by atoms with Crippen molar-refractivity contribution in [2.24, 2.45) is 11.8 Å². The lowest BCUT2D eigenvalue weighted by molar-refractivity contribution is -0.314. The molecule has 1 amide bonds. The van der Waals surface area contributed by atoms with Gasteiger partial charge >= 0.3 is 0 Å². The molecule has 0 N–H and O–H groups in total. The molecule has 1 aromatic carbocycles. The second kappa shape index (κ2) is 6.50. The van der Waals surface area contributed by atoms with Gasteiger partial charge in [-0.2, -0.15) is 0 Å². The highest BCUT2D eigenvalue weighted by Crippen LogP contribution is 2.44. The van der Waals surface area contributed by atoms with E-state index < -0.39 is 17.8 Å². The Bertz CT molecular complexity index is 689. The van der Waals surface area contributed by atoms with Gasteiger partial charge in [-0.05, 0) is 25.0 Å². The topological polar surface area (TPSA) is 72.9 Å². The lowest BCUT2D eigenvalue weighted by atomic mass is 9.78. The van der Waals surface area contributed by atoms with Gasteiger partial charge in [-0.1, -0.05) is 23.7 Å². The maximum Gasteiger partial charge on any atom is 0.229 e. The van der Waals surface area contributed by atoms with Gasteiger partial charge in [0.05, 0.1) is 28.8 Å². The minimum Gasteiger partial charge on any atom is -0.550 e. The first-order chi connectivity index (χ1) is 12.1. The van der Waals surface area contributed by atoms with Gasteiger partial charge < -0.3 is 24.4 Å². The number of carbonyl (C=O) groups excluding carboxylic acids is 2. The van der Waals surface area contributed by atoms with Crippen molar-refractivity contribution in [1.29, 1.82) is 0 Å². The number of halogens is 1. The highest BCUT2D eigenvalue weighted by molar-refractivity contribution is 6.33. The number of carboxylic acid groups (broad SMARTS) is 1. The summed E-state index contributed by atoms with van der Waals surface area (Å²) in [5, 5.41) is 12.2. The van der Waals surface area contributed by atoms with Gasteiger partial charge in [0.2, 0.25) is 5.91 Å². The maximum absolute atomic E-state index is 12.9. The number of carbonyl (C=O) groups is 2. The summed E-state index contributed by atoms with van der Waals surface area (Å²) in [5.41, 5.74) is 0.965. The summed E-state index contributed by atoms with van der Waals surface area (Å²) in [7, 11) is 0. The number of anilines is 1. The molecule has 3 heterocycles. The second-order valence-corrected chi connectivity index (χ2v) is 7.33. The van der Waals surface area contributed by atoms with Crippen LogP contribution in [-0.4, -0.2) is 55.2 Å². The van der Waals surface area contributed by atoms with Gasteiger partial charge in [-0.25, -0.2) is 0 Å². The standard InChI is InChI=1S/C18H21ClN2O4/c19-11-3-1-2-4-12(11)20-7-9-21(10-8-20)17(22)15-13-5-6-14(25-13)16(15)18(23)24/h1-4,13-16H,5-10H2,(H,23,24)/p-1/t13-,14+,15+,16-/m1/s1. The third-order valence-electron chi connectivity index (χ3n) is 5.62. The molecule has 0 aromatic heterocycles. The van der Waals surface area contributed by atoms with E-state index in [0.29, 0.717) is 37.6 Å². The molecule has 4 rings (SSSR count). The third-order valence-corrected chi connectivity index (χ3v) is 5.93. The Hall–Kier alpha value is -1.79. The van der Waals surface area contributed by atoms with Gasteiger partial charge in [-0.3, -0.25) is 4.79 Å². The van der Waals surface area contributed by atoms with Crippen LogP contribution in [0.4, 0.5) is 5.69 Å². The minimum absolute atomic E-state index is 0.111. The number of aliphatic carboxylic acids is 1. The molecule has 3 saturated heterocycles. The predicted octanol–water partition coefficient (Wildman–Crippen LogP) is 0.532. The van der Waals surface area contributed by atoms with E-state index >= 15 is 0 Å². The van der Waals surface area contributed by atoms with Crippen LogP contribution in [0.2, 0.25) is 5.02 Å². The van der Waals surface area contributed by atoms with E-state index in [1.165, 1.54) is 0 Å². The zero-order valence-electron chi connectivity index (χ0n) is 13.8. The molecule has 4 atom stereocenters. The molecule has 0 radical (unpaired) electrons. The molecular formula is C18H20ClN2O4-. The van der Waals surface area contributed by atoms with Gasteiger partial charge in [0, 0.05) is 38.1 Å². The Morgan fingerprint density at radius 1 is 1.04 bits per heavy atom. The first-order valence-corrected chi connectivity index (χ1v) is 9.08. The fourth-order valence-corrected chi connectivity index (χ4v) is 4.63. The number of benzene rings is 1. The number of para-hydroxylation sites is 1. The fraction of sp³-hybridized carbons (Fsp3) is 0.556. The third kappa shape index (κ3) is 2.87. The van der Waals surface area contributed by atoms with Crippen molar-refractivity contribution in [2.75, 3.05) is 31.1 Å². The van der Waals surface area contributed by atoms with Gasteiger partial charge in [0.15, 0.2) is 0 Å². The zero-order chi connectivity index (χ0) is 17.6. The molecule has 0 saturated carbocycles. The van der Waals surface area contributed by atoms with Crippen LogP contribution in [0.15, 0.2) is 24.3 Å². The number of fused-ring (bicyclic) bond motifs is 2. The van der Waals surface area contributed by atoms with Gasteiger partial charge in [0.25, 0.3) is 0 Å². The molecule has 6 nitrogen and oxygen atoms in total. The molecule has 2 bridgehead atoms. The molecule has 3 fully saturated rings. The summed E-state index contributed by atoms with van der Waals surface area (Å²) in [6.07, 6.45) is 0.813. The van der Waals surface area contributed by atoms with Crippen molar-refractivity contribution >= 4 is 29.2 Å². The number of rotatable bonds is 3. The quantitative estimate of drug-likeness (QED) is 0.783. The number of piperazine rings is 1. The Morgan fingerprint density at radius 3 is 2.32 bits per heavy atom. The normalized spacial score (nSPS) is 31.4. The van der Waals surface area contributed by atoms with Gasteiger partial charge in [-0.15, -0.1) is 0 Å². The average molecular weight is 364 g/mol. The summed E-state index contributed by atoms with van der Waals surface area (Å²) in [6.45, 7) is 2.45. The Morgan fingerprint density at radius 2 is 1.68 bits per heavy atom. The predicted molar refractivity (Wildman–Crippen MR) is 90.1 cm³/mol. The summed E-state index contributed by atoms with van der Waals surface area (Å²) in [4.78, 5) is 28.3. The SMILES string of the molecule is O=C([O-])[C@H]1[C@@H](C(=O)N2CCN(c3ccccc3Cl)CC2)[C@H]2CC[C@@H]1O2. The molecule has 3 aliphatic rings. The van der Waals surface area contributed by atoms with Crippen LogP contribution in [-0.2, 0) is 14.3 Å². The number of hydrogen-bond acceptors (Lipinski definition) is 5. The average Bonchev–Trinajstić information content (AvgIpc) is 3.23. The summed E-state index contributed by atoms with van der Waals surface area (Å²) >= 11 is 6.25. The second-order valence-electron chi connectivity index (χ2n) is 6.92. The summed E-state index contributed by atoms with van der Waals surface area (Å²) < 4.78 is 5.68. The molecule has 0 aliphatic carbocycles. The van der Waals surface area contributed by atoms with Crippen molar-refractivity contribution in [1.82, 2.24) is 4.90 Å². The first-order valence-electron chi connectivity index (χ1n) is 8.71. The van der Waals surface area contributed by atoms with E-state index in [-0.39, 0.29) is 18.1 Å².